The molecule has 148 valence electrons. The van der Waals surface area contributed by atoms with Gasteiger partial charge in [-0.2, -0.15) is 0 Å². The number of methoxy groups -OCH3 is 1. The predicted molar refractivity (Wildman–Crippen MR) is 117 cm³/mol. The summed E-state index contributed by atoms with van der Waals surface area (Å²) in [7, 11) is 1.65. The molecule has 1 aliphatic rings. The van der Waals surface area contributed by atoms with Crippen LogP contribution in [0.15, 0.2) is 55.1 Å². The first-order valence-corrected chi connectivity index (χ1v) is 9.59. The highest BCUT2D eigenvalue weighted by atomic mass is 32.1. The SMILES string of the molecule is C=CCOc1ccc(NC(=S)N[C@H]2CC(C)(C)Oc3cc(OC)ccc32)cc1. The van der Waals surface area contributed by atoms with Crippen LogP contribution in [0.25, 0.3) is 0 Å². The molecule has 0 saturated carbocycles. The van der Waals surface area contributed by atoms with Crippen molar-refractivity contribution in [2.24, 2.45) is 0 Å². The molecule has 0 fully saturated rings. The van der Waals surface area contributed by atoms with Crippen LogP contribution < -0.4 is 24.8 Å². The van der Waals surface area contributed by atoms with Crippen molar-refractivity contribution in [1.82, 2.24) is 5.32 Å². The summed E-state index contributed by atoms with van der Waals surface area (Å²) in [6.07, 6.45) is 2.51. The van der Waals surface area contributed by atoms with Crippen LogP contribution >= 0.6 is 12.2 Å². The normalized spacial score (nSPS) is 16.9. The third-order valence-corrected chi connectivity index (χ3v) is 4.68. The van der Waals surface area contributed by atoms with Gasteiger partial charge in [0.25, 0.3) is 0 Å². The molecular weight excluding hydrogens is 372 g/mol. The fourth-order valence-corrected chi connectivity index (χ4v) is 3.46. The van der Waals surface area contributed by atoms with Gasteiger partial charge in [-0.3, -0.25) is 0 Å². The number of anilines is 1. The molecule has 2 aromatic rings. The number of benzene rings is 2. The van der Waals surface area contributed by atoms with Gasteiger partial charge < -0.3 is 24.8 Å². The first kappa shape index (κ1) is 20.0. The van der Waals surface area contributed by atoms with E-state index in [1.807, 2.05) is 42.5 Å². The highest BCUT2D eigenvalue weighted by molar-refractivity contribution is 7.80. The van der Waals surface area contributed by atoms with Crippen LogP contribution in [0.4, 0.5) is 5.69 Å². The van der Waals surface area contributed by atoms with Crippen molar-refractivity contribution in [2.45, 2.75) is 31.9 Å². The third-order valence-electron chi connectivity index (χ3n) is 4.46. The minimum absolute atomic E-state index is 0.0415. The summed E-state index contributed by atoms with van der Waals surface area (Å²) in [5, 5.41) is 7.21. The van der Waals surface area contributed by atoms with Gasteiger partial charge in [0, 0.05) is 23.7 Å². The molecule has 0 bridgehead atoms. The Labute approximate surface area is 171 Å². The fourth-order valence-electron chi connectivity index (χ4n) is 3.20. The molecule has 0 spiro atoms. The number of fused-ring (bicyclic) bond motifs is 1. The molecule has 0 radical (unpaired) electrons. The second-order valence-electron chi connectivity index (χ2n) is 7.24. The minimum atomic E-state index is -0.309. The topological polar surface area (TPSA) is 51.8 Å². The lowest BCUT2D eigenvalue weighted by Gasteiger charge is -2.38. The Balaban J connectivity index is 1.69. The Hall–Kier alpha value is -2.73. The van der Waals surface area contributed by atoms with E-state index >= 15 is 0 Å². The van der Waals surface area contributed by atoms with Crippen LogP contribution in [-0.4, -0.2) is 24.4 Å². The molecule has 1 heterocycles. The second-order valence-corrected chi connectivity index (χ2v) is 7.65. The Morgan fingerprint density at radius 1 is 1.25 bits per heavy atom. The van der Waals surface area contributed by atoms with Crippen LogP contribution in [0.3, 0.4) is 0 Å². The molecule has 2 N–H and O–H groups in total. The van der Waals surface area contributed by atoms with E-state index in [4.69, 9.17) is 26.4 Å². The van der Waals surface area contributed by atoms with E-state index in [1.54, 1.807) is 13.2 Å². The first-order chi connectivity index (χ1) is 13.4. The summed E-state index contributed by atoms with van der Waals surface area (Å²) in [5.74, 6) is 2.38. The van der Waals surface area contributed by atoms with Crippen LogP contribution in [-0.2, 0) is 0 Å². The average molecular weight is 399 g/mol. The summed E-state index contributed by atoms with van der Waals surface area (Å²) >= 11 is 5.54. The van der Waals surface area contributed by atoms with Crippen LogP contribution in [0.5, 0.6) is 17.2 Å². The first-order valence-electron chi connectivity index (χ1n) is 9.18. The summed E-state index contributed by atoms with van der Waals surface area (Å²) in [6.45, 7) is 8.27. The summed E-state index contributed by atoms with van der Waals surface area (Å²) in [4.78, 5) is 0. The van der Waals surface area contributed by atoms with Gasteiger partial charge in [-0.05, 0) is 62.5 Å². The summed E-state index contributed by atoms with van der Waals surface area (Å²) in [6, 6.07) is 13.6. The van der Waals surface area contributed by atoms with Crippen molar-refractivity contribution in [3.05, 3.63) is 60.7 Å². The van der Waals surface area contributed by atoms with Gasteiger partial charge in [-0.15, -0.1) is 0 Å². The Morgan fingerprint density at radius 2 is 1.96 bits per heavy atom. The largest absolute Gasteiger partial charge is 0.497 e. The minimum Gasteiger partial charge on any atom is -0.497 e. The number of ether oxygens (including phenoxy) is 3. The molecule has 5 nitrogen and oxygen atoms in total. The zero-order valence-corrected chi connectivity index (χ0v) is 17.3. The maximum atomic E-state index is 6.13. The van der Waals surface area contributed by atoms with E-state index in [0.717, 1.165) is 34.9 Å². The van der Waals surface area contributed by atoms with Gasteiger partial charge in [0.05, 0.1) is 13.2 Å². The molecule has 0 aliphatic carbocycles. The van der Waals surface area contributed by atoms with Gasteiger partial charge in [0.1, 0.15) is 29.5 Å². The van der Waals surface area contributed by atoms with Gasteiger partial charge in [0.15, 0.2) is 5.11 Å². The van der Waals surface area contributed by atoms with Crippen LogP contribution in [0, 0.1) is 0 Å². The van der Waals surface area contributed by atoms with Gasteiger partial charge in [-0.25, -0.2) is 0 Å². The predicted octanol–water partition coefficient (Wildman–Crippen LogP) is 4.85. The lowest BCUT2D eigenvalue weighted by molar-refractivity contribution is 0.0693. The fraction of sp³-hybridized carbons (Fsp3) is 0.318. The zero-order valence-electron chi connectivity index (χ0n) is 16.5. The maximum Gasteiger partial charge on any atom is 0.171 e. The number of thiocarbonyl (C=S) groups is 1. The van der Waals surface area contributed by atoms with E-state index < -0.39 is 0 Å². The highest BCUT2D eigenvalue weighted by Gasteiger charge is 2.34. The average Bonchev–Trinajstić information content (AvgIpc) is 2.66. The maximum absolute atomic E-state index is 6.13. The monoisotopic (exact) mass is 398 g/mol. The van der Waals surface area contributed by atoms with E-state index in [0.29, 0.717) is 11.7 Å². The van der Waals surface area contributed by atoms with E-state index in [-0.39, 0.29) is 11.6 Å². The highest BCUT2D eigenvalue weighted by Crippen LogP contribution is 2.41. The van der Waals surface area contributed by atoms with Gasteiger partial charge in [-0.1, -0.05) is 12.7 Å². The molecule has 0 aromatic heterocycles. The van der Waals surface area contributed by atoms with Crippen molar-refractivity contribution >= 4 is 23.0 Å². The zero-order chi connectivity index (χ0) is 20.1. The number of nitrogens with one attached hydrogen (secondary N) is 2. The lowest BCUT2D eigenvalue weighted by atomic mass is 9.89. The van der Waals surface area contributed by atoms with Crippen molar-refractivity contribution in [1.29, 1.82) is 0 Å². The lowest BCUT2D eigenvalue weighted by Crippen LogP contribution is -2.42. The molecule has 6 heteroatoms. The molecule has 1 aliphatic heterocycles. The van der Waals surface area contributed by atoms with Gasteiger partial charge in [0.2, 0.25) is 0 Å². The van der Waals surface area contributed by atoms with Crippen molar-refractivity contribution in [2.75, 3.05) is 19.0 Å². The second kappa shape index (κ2) is 8.52. The van der Waals surface area contributed by atoms with Crippen LogP contribution in [0.1, 0.15) is 31.9 Å². The summed E-state index contributed by atoms with van der Waals surface area (Å²) < 4.78 is 17.0. The molecule has 0 unspecified atom stereocenters. The number of rotatable bonds is 6. The number of hydrogen-bond acceptors (Lipinski definition) is 4. The molecular formula is C22H26N2O3S. The van der Waals surface area contributed by atoms with Crippen molar-refractivity contribution < 1.29 is 14.2 Å². The summed E-state index contributed by atoms with van der Waals surface area (Å²) in [5.41, 5.74) is 1.65. The van der Waals surface area contributed by atoms with Crippen molar-refractivity contribution in [3.8, 4) is 17.2 Å². The van der Waals surface area contributed by atoms with E-state index in [9.17, 15) is 0 Å². The molecule has 1 atom stereocenters. The van der Waals surface area contributed by atoms with E-state index in [2.05, 4.69) is 31.1 Å². The Morgan fingerprint density at radius 3 is 2.64 bits per heavy atom. The molecule has 0 saturated heterocycles. The smallest absolute Gasteiger partial charge is 0.171 e. The van der Waals surface area contributed by atoms with E-state index in [1.165, 1.54) is 0 Å². The molecule has 28 heavy (non-hydrogen) atoms. The number of hydrogen-bond donors (Lipinski definition) is 2. The quantitative estimate of drug-likeness (QED) is 0.536. The Kier molecular flexibility index (Phi) is 6.09. The van der Waals surface area contributed by atoms with Gasteiger partial charge >= 0.3 is 0 Å². The molecule has 3 rings (SSSR count). The molecule has 2 aromatic carbocycles. The van der Waals surface area contributed by atoms with Crippen LogP contribution in [0.2, 0.25) is 0 Å². The van der Waals surface area contributed by atoms with Crippen molar-refractivity contribution in [3.63, 3.8) is 0 Å². The Bertz CT molecular complexity index is 849. The third kappa shape index (κ3) is 4.95. The molecule has 0 amide bonds. The standard InChI is InChI=1S/C22H26N2O3S/c1-5-12-26-16-8-6-15(7-9-16)23-21(28)24-19-14-22(2,3)27-20-13-17(25-4)10-11-18(19)20/h5-11,13,19H,1,12,14H2,2-4H3,(H2,23,24,28)/t19-/m0/s1.